The number of nitrogens with zero attached hydrogens (tertiary/aromatic N) is 1. The van der Waals surface area contributed by atoms with E-state index in [1.807, 2.05) is 0 Å². The number of hydrogen-bond donors (Lipinski definition) is 3. The Morgan fingerprint density at radius 3 is 2.63 bits per heavy atom. The minimum absolute atomic E-state index is 0.0381. The summed E-state index contributed by atoms with van der Waals surface area (Å²) in [6, 6.07) is -0.983. The first-order valence-corrected chi connectivity index (χ1v) is 5.62. The molecule has 0 bridgehead atoms. The Hall–Kier alpha value is -2.38. The van der Waals surface area contributed by atoms with E-state index in [2.05, 4.69) is 15.6 Å². The van der Waals surface area contributed by atoms with Crippen molar-refractivity contribution < 1.29 is 18.8 Å². The number of rotatable bonds is 6. The predicted octanol–water partition coefficient (Wildman–Crippen LogP) is -1.37. The van der Waals surface area contributed by atoms with Crippen molar-refractivity contribution in [1.29, 1.82) is 0 Å². The number of primary amides is 1. The molecule has 3 amide bonds. The van der Waals surface area contributed by atoms with Gasteiger partial charge in [0.15, 0.2) is 5.89 Å². The first-order chi connectivity index (χ1) is 8.92. The number of nitrogens with two attached hydrogens (primary N) is 1. The molecule has 19 heavy (non-hydrogen) atoms. The maximum atomic E-state index is 11.7. The largest absolute Gasteiger partial charge is 0.449 e. The summed E-state index contributed by atoms with van der Waals surface area (Å²) in [5.41, 5.74) is 5.47. The third-order valence-electron chi connectivity index (χ3n) is 2.31. The van der Waals surface area contributed by atoms with E-state index in [0.29, 0.717) is 11.6 Å². The monoisotopic (exact) mass is 268 g/mol. The highest BCUT2D eigenvalue weighted by Gasteiger charge is 2.22. The number of oxazole rings is 1. The molecule has 0 aromatic carbocycles. The van der Waals surface area contributed by atoms with Crippen LogP contribution in [0.5, 0.6) is 0 Å². The van der Waals surface area contributed by atoms with Crippen LogP contribution in [0.4, 0.5) is 0 Å². The van der Waals surface area contributed by atoms with Crippen molar-refractivity contribution in [2.24, 2.45) is 5.73 Å². The minimum atomic E-state index is -0.983. The van der Waals surface area contributed by atoms with Gasteiger partial charge in [0.05, 0.1) is 18.5 Å². The molecule has 0 spiro atoms. The second-order valence-electron chi connectivity index (χ2n) is 3.94. The summed E-state index contributed by atoms with van der Waals surface area (Å²) in [4.78, 5) is 38.0. The zero-order valence-corrected chi connectivity index (χ0v) is 10.7. The molecule has 0 radical (unpaired) electrons. The van der Waals surface area contributed by atoms with E-state index < -0.39 is 23.8 Å². The van der Waals surface area contributed by atoms with Crippen LogP contribution >= 0.6 is 0 Å². The molecule has 0 saturated carbocycles. The fraction of sp³-hybridized carbons (Fsp3) is 0.455. The molecule has 1 aromatic rings. The number of amides is 3. The van der Waals surface area contributed by atoms with E-state index >= 15 is 0 Å². The van der Waals surface area contributed by atoms with Gasteiger partial charge < -0.3 is 20.8 Å². The summed E-state index contributed by atoms with van der Waals surface area (Å²) in [5, 5.41) is 4.77. The number of aromatic nitrogens is 1. The lowest BCUT2D eigenvalue weighted by Crippen LogP contribution is -2.48. The number of hydrogen-bond acceptors (Lipinski definition) is 5. The van der Waals surface area contributed by atoms with Gasteiger partial charge in [0.25, 0.3) is 0 Å². The van der Waals surface area contributed by atoms with E-state index in [0.717, 1.165) is 0 Å². The molecule has 1 aromatic heterocycles. The predicted molar refractivity (Wildman–Crippen MR) is 64.8 cm³/mol. The van der Waals surface area contributed by atoms with Crippen molar-refractivity contribution in [3.63, 3.8) is 0 Å². The highest BCUT2D eigenvalue weighted by Crippen LogP contribution is 2.01. The molecule has 1 rings (SSSR count). The van der Waals surface area contributed by atoms with Gasteiger partial charge in [0, 0.05) is 14.0 Å². The van der Waals surface area contributed by atoms with Crippen LogP contribution in [0.1, 0.15) is 18.0 Å². The maximum absolute atomic E-state index is 11.7. The standard InChI is InChI=1S/C11H16N4O4/c1-6-14-7(5-19-6)3-10(17)15-8(4-9(12)16)11(18)13-2/h5,8H,3-4H2,1-2H3,(H2,12,16)(H,13,18)(H,15,17)/t8-/m0/s1. The van der Waals surface area contributed by atoms with Gasteiger partial charge in [-0.3, -0.25) is 14.4 Å². The second-order valence-corrected chi connectivity index (χ2v) is 3.94. The van der Waals surface area contributed by atoms with Crippen LogP contribution in [-0.4, -0.2) is 35.8 Å². The Bertz CT molecular complexity index is 483. The molecule has 8 nitrogen and oxygen atoms in total. The normalized spacial score (nSPS) is 11.7. The fourth-order valence-corrected chi connectivity index (χ4v) is 1.48. The average molecular weight is 268 g/mol. The molecule has 8 heteroatoms. The molecule has 104 valence electrons. The van der Waals surface area contributed by atoms with Crippen LogP contribution in [-0.2, 0) is 20.8 Å². The van der Waals surface area contributed by atoms with Crippen LogP contribution in [0.3, 0.4) is 0 Å². The molecule has 0 aliphatic rings. The van der Waals surface area contributed by atoms with Gasteiger partial charge in [0.1, 0.15) is 12.3 Å². The Labute approximate surface area is 109 Å². The van der Waals surface area contributed by atoms with E-state index in [4.69, 9.17) is 10.2 Å². The number of aryl methyl sites for hydroxylation is 1. The van der Waals surface area contributed by atoms with Crippen LogP contribution in [0.15, 0.2) is 10.7 Å². The van der Waals surface area contributed by atoms with Gasteiger partial charge in [-0.1, -0.05) is 0 Å². The van der Waals surface area contributed by atoms with Gasteiger partial charge >= 0.3 is 0 Å². The van der Waals surface area contributed by atoms with Gasteiger partial charge in [-0.05, 0) is 0 Å². The molecule has 0 fully saturated rings. The third kappa shape index (κ3) is 4.78. The van der Waals surface area contributed by atoms with Crippen LogP contribution in [0, 0.1) is 6.92 Å². The van der Waals surface area contributed by atoms with Gasteiger partial charge in [-0.2, -0.15) is 0 Å². The van der Waals surface area contributed by atoms with Crippen molar-refractivity contribution in [3.8, 4) is 0 Å². The zero-order chi connectivity index (χ0) is 14.4. The highest BCUT2D eigenvalue weighted by molar-refractivity contribution is 5.91. The molecule has 4 N–H and O–H groups in total. The Balaban J connectivity index is 2.60. The van der Waals surface area contributed by atoms with Crippen molar-refractivity contribution in [1.82, 2.24) is 15.6 Å². The molecular weight excluding hydrogens is 252 g/mol. The zero-order valence-electron chi connectivity index (χ0n) is 10.7. The number of carbonyl (C=O) groups excluding carboxylic acids is 3. The highest BCUT2D eigenvalue weighted by atomic mass is 16.3. The van der Waals surface area contributed by atoms with Gasteiger partial charge in [0.2, 0.25) is 17.7 Å². The summed E-state index contributed by atoms with van der Waals surface area (Å²) in [7, 11) is 1.41. The SMILES string of the molecule is CNC(=O)[C@H](CC(N)=O)NC(=O)Cc1coc(C)n1. The van der Waals surface area contributed by atoms with Gasteiger partial charge in [-0.25, -0.2) is 4.98 Å². The first-order valence-electron chi connectivity index (χ1n) is 5.62. The molecule has 0 aliphatic carbocycles. The number of likely N-dealkylation sites (N-methyl/N-ethyl adjacent to an activating group) is 1. The van der Waals surface area contributed by atoms with E-state index in [9.17, 15) is 14.4 Å². The average Bonchev–Trinajstić information content (AvgIpc) is 2.72. The third-order valence-corrected chi connectivity index (χ3v) is 2.31. The minimum Gasteiger partial charge on any atom is -0.449 e. The van der Waals surface area contributed by atoms with Crippen LogP contribution in [0.25, 0.3) is 0 Å². The maximum Gasteiger partial charge on any atom is 0.242 e. The van der Waals surface area contributed by atoms with Crippen molar-refractivity contribution in [3.05, 3.63) is 17.8 Å². The number of nitrogens with one attached hydrogen (secondary N) is 2. The lowest BCUT2D eigenvalue weighted by atomic mass is 10.1. The van der Waals surface area contributed by atoms with E-state index in [-0.39, 0.29) is 12.8 Å². The molecule has 1 atom stereocenters. The second kappa shape index (κ2) is 6.53. The van der Waals surface area contributed by atoms with E-state index in [1.54, 1.807) is 6.92 Å². The summed E-state index contributed by atoms with van der Waals surface area (Å²) in [5.74, 6) is -1.15. The summed E-state index contributed by atoms with van der Waals surface area (Å²) >= 11 is 0. The lowest BCUT2D eigenvalue weighted by molar-refractivity contribution is -0.130. The molecule has 0 saturated heterocycles. The topological polar surface area (TPSA) is 127 Å². The van der Waals surface area contributed by atoms with Crippen LogP contribution < -0.4 is 16.4 Å². The lowest BCUT2D eigenvalue weighted by Gasteiger charge is -2.15. The molecule has 0 aliphatic heterocycles. The fourth-order valence-electron chi connectivity index (χ4n) is 1.48. The smallest absolute Gasteiger partial charge is 0.242 e. The van der Waals surface area contributed by atoms with Gasteiger partial charge in [-0.15, -0.1) is 0 Å². The van der Waals surface area contributed by atoms with E-state index in [1.165, 1.54) is 13.3 Å². The van der Waals surface area contributed by atoms with Crippen molar-refractivity contribution >= 4 is 17.7 Å². The molecular formula is C11H16N4O4. The molecule has 0 unspecified atom stereocenters. The Kier molecular flexibility index (Phi) is 5.04. The Morgan fingerprint density at radius 1 is 1.47 bits per heavy atom. The van der Waals surface area contributed by atoms with Crippen molar-refractivity contribution in [2.45, 2.75) is 25.8 Å². The Morgan fingerprint density at radius 2 is 2.16 bits per heavy atom. The summed E-state index contributed by atoms with van der Waals surface area (Å²) in [6.07, 6.45) is 1.06. The quantitative estimate of drug-likeness (QED) is 0.586. The van der Waals surface area contributed by atoms with Crippen LogP contribution in [0.2, 0.25) is 0 Å². The summed E-state index contributed by atoms with van der Waals surface area (Å²) in [6.45, 7) is 1.65. The molecule has 1 heterocycles. The summed E-state index contributed by atoms with van der Waals surface area (Å²) < 4.78 is 4.96. The number of carbonyl (C=O) groups is 3. The van der Waals surface area contributed by atoms with Crippen molar-refractivity contribution in [2.75, 3.05) is 7.05 Å². The first kappa shape index (κ1) is 14.7.